The molecule has 3 heteroatoms. The molecule has 2 atom stereocenters. The van der Waals surface area contributed by atoms with Gasteiger partial charge in [0, 0.05) is 7.11 Å². The molecule has 0 N–H and O–H groups in total. The second-order valence-corrected chi connectivity index (χ2v) is 4.89. The number of nitrogens with zero attached hydrogens (tertiary/aromatic N) is 1. The molecule has 2 unspecified atom stereocenters. The van der Waals surface area contributed by atoms with E-state index in [1.807, 2.05) is 49.4 Å². The van der Waals surface area contributed by atoms with Gasteiger partial charge in [0.25, 0.3) is 0 Å². The third-order valence-electron chi connectivity index (χ3n) is 3.40. The van der Waals surface area contributed by atoms with Crippen LogP contribution in [-0.4, -0.2) is 13.2 Å². The number of nitriles is 1. The van der Waals surface area contributed by atoms with Crippen molar-refractivity contribution in [3.05, 3.63) is 71.3 Å². The number of methoxy groups -OCH3 is 1. The first kappa shape index (κ1) is 15.2. The largest absolute Gasteiger partial charge is 0.374 e. The summed E-state index contributed by atoms with van der Waals surface area (Å²) in [5.74, 6) is 0. The van der Waals surface area contributed by atoms with Crippen LogP contribution >= 0.6 is 0 Å². The van der Waals surface area contributed by atoms with E-state index in [1.165, 1.54) is 0 Å². The molecule has 108 valence electrons. The summed E-state index contributed by atoms with van der Waals surface area (Å²) in [7, 11) is 1.69. The highest BCUT2D eigenvalue weighted by molar-refractivity contribution is 5.31. The third-order valence-corrected chi connectivity index (χ3v) is 3.40. The van der Waals surface area contributed by atoms with E-state index >= 15 is 0 Å². The fourth-order valence-electron chi connectivity index (χ4n) is 2.23. The van der Waals surface area contributed by atoms with Crippen LogP contribution in [0, 0.1) is 11.3 Å². The molecule has 0 bridgehead atoms. The molecule has 2 aromatic carbocycles. The van der Waals surface area contributed by atoms with Crippen LogP contribution in [0.2, 0.25) is 0 Å². The maximum absolute atomic E-state index is 8.78. The van der Waals surface area contributed by atoms with Crippen molar-refractivity contribution >= 4 is 0 Å². The van der Waals surface area contributed by atoms with Crippen LogP contribution in [0.5, 0.6) is 0 Å². The van der Waals surface area contributed by atoms with E-state index in [1.54, 1.807) is 19.2 Å². The molecular formula is C18H19NO2. The molecule has 0 spiro atoms. The molecule has 0 saturated heterocycles. The second kappa shape index (κ2) is 7.58. The fraction of sp³-hybridized carbons (Fsp3) is 0.278. The summed E-state index contributed by atoms with van der Waals surface area (Å²) in [6, 6.07) is 19.6. The Morgan fingerprint density at radius 3 is 2.29 bits per heavy atom. The second-order valence-electron chi connectivity index (χ2n) is 4.89. The zero-order valence-electron chi connectivity index (χ0n) is 12.3. The Morgan fingerprint density at radius 2 is 1.71 bits per heavy atom. The molecule has 0 radical (unpaired) electrons. The summed E-state index contributed by atoms with van der Waals surface area (Å²) in [4.78, 5) is 0. The third kappa shape index (κ3) is 4.16. The van der Waals surface area contributed by atoms with E-state index in [0.29, 0.717) is 12.2 Å². The van der Waals surface area contributed by atoms with Crippen molar-refractivity contribution in [3.63, 3.8) is 0 Å². The molecule has 0 heterocycles. The van der Waals surface area contributed by atoms with Gasteiger partial charge < -0.3 is 9.47 Å². The molecule has 0 amide bonds. The predicted octanol–water partition coefficient (Wildman–Crippen LogP) is 3.85. The van der Waals surface area contributed by atoms with Crippen LogP contribution in [0.15, 0.2) is 54.6 Å². The molecular weight excluding hydrogens is 262 g/mol. The normalized spacial score (nSPS) is 13.4. The average molecular weight is 281 g/mol. The van der Waals surface area contributed by atoms with Gasteiger partial charge in [-0.15, -0.1) is 0 Å². The summed E-state index contributed by atoms with van der Waals surface area (Å²) in [6.07, 6.45) is -0.155. The first-order valence-corrected chi connectivity index (χ1v) is 6.93. The topological polar surface area (TPSA) is 42.2 Å². The maximum atomic E-state index is 8.78. The van der Waals surface area contributed by atoms with Crippen LogP contribution in [0.1, 0.15) is 29.7 Å². The monoisotopic (exact) mass is 281 g/mol. The first-order chi connectivity index (χ1) is 10.2. The van der Waals surface area contributed by atoms with Gasteiger partial charge in [0.05, 0.1) is 24.3 Å². The number of hydrogen-bond acceptors (Lipinski definition) is 3. The lowest BCUT2D eigenvalue weighted by molar-refractivity contribution is -0.0559. The van der Waals surface area contributed by atoms with Gasteiger partial charge in [-0.2, -0.15) is 5.26 Å². The van der Waals surface area contributed by atoms with Crippen molar-refractivity contribution in [2.45, 2.75) is 25.7 Å². The van der Waals surface area contributed by atoms with E-state index in [4.69, 9.17) is 14.7 Å². The van der Waals surface area contributed by atoms with E-state index in [0.717, 1.165) is 11.1 Å². The summed E-state index contributed by atoms with van der Waals surface area (Å²) >= 11 is 0. The Morgan fingerprint density at radius 1 is 1.05 bits per heavy atom. The zero-order chi connectivity index (χ0) is 15.1. The number of hydrogen-bond donors (Lipinski definition) is 0. The van der Waals surface area contributed by atoms with E-state index in [-0.39, 0.29) is 12.2 Å². The highest BCUT2D eigenvalue weighted by Crippen LogP contribution is 2.23. The summed E-state index contributed by atoms with van der Waals surface area (Å²) in [5.41, 5.74) is 2.81. The van der Waals surface area contributed by atoms with Crippen LogP contribution in [0.25, 0.3) is 0 Å². The standard InChI is InChI=1S/C18H19NO2/c1-14(18(20-2)17-6-4-3-5-7-17)21-13-16-10-8-15(12-19)9-11-16/h3-11,14,18H,13H2,1-2H3. The van der Waals surface area contributed by atoms with Crippen LogP contribution in [0.4, 0.5) is 0 Å². The van der Waals surface area contributed by atoms with Crippen LogP contribution in [0.3, 0.4) is 0 Å². The fourth-order valence-corrected chi connectivity index (χ4v) is 2.23. The van der Waals surface area contributed by atoms with Crippen molar-refractivity contribution in [1.82, 2.24) is 0 Å². The summed E-state index contributed by atoms with van der Waals surface area (Å²) in [5, 5.41) is 8.78. The van der Waals surface area contributed by atoms with Gasteiger partial charge in [0.1, 0.15) is 6.10 Å². The summed E-state index contributed by atoms with van der Waals surface area (Å²) < 4.78 is 11.5. The zero-order valence-corrected chi connectivity index (χ0v) is 12.3. The van der Waals surface area contributed by atoms with Gasteiger partial charge in [-0.25, -0.2) is 0 Å². The van der Waals surface area contributed by atoms with Crippen molar-refractivity contribution in [1.29, 1.82) is 5.26 Å². The number of ether oxygens (including phenoxy) is 2. The molecule has 3 nitrogen and oxygen atoms in total. The molecule has 0 aromatic heterocycles. The van der Waals surface area contributed by atoms with Gasteiger partial charge in [-0.1, -0.05) is 42.5 Å². The Kier molecular flexibility index (Phi) is 5.51. The lowest BCUT2D eigenvalue weighted by atomic mass is 10.1. The van der Waals surface area contributed by atoms with Gasteiger partial charge in [-0.05, 0) is 30.2 Å². The van der Waals surface area contributed by atoms with Crippen molar-refractivity contribution in [2.75, 3.05) is 7.11 Å². The lowest BCUT2D eigenvalue weighted by Gasteiger charge is -2.23. The van der Waals surface area contributed by atoms with Gasteiger partial charge >= 0.3 is 0 Å². The molecule has 2 aromatic rings. The first-order valence-electron chi connectivity index (χ1n) is 6.93. The molecule has 0 aliphatic rings. The Labute approximate surface area is 125 Å². The van der Waals surface area contributed by atoms with Gasteiger partial charge in [-0.3, -0.25) is 0 Å². The lowest BCUT2D eigenvalue weighted by Crippen LogP contribution is -2.20. The van der Waals surface area contributed by atoms with Gasteiger partial charge in [0.2, 0.25) is 0 Å². The van der Waals surface area contributed by atoms with Crippen LogP contribution in [-0.2, 0) is 16.1 Å². The SMILES string of the molecule is COC(c1ccccc1)C(C)OCc1ccc(C#N)cc1. The maximum Gasteiger partial charge on any atom is 0.108 e. The molecule has 0 aliphatic heterocycles. The smallest absolute Gasteiger partial charge is 0.108 e. The minimum absolute atomic E-state index is 0.0620. The number of rotatable bonds is 6. The number of benzene rings is 2. The molecule has 0 fully saturated rings. The molecule has 2 rings (SSSR count). The highest BCUT2D eigenvalue weighted by atomic mass is 16.5. The van der Waals surface area contributed by atoms with Crippen molar-refractivity contribution in [3.8, 4) is 6.07 Å². The van der Waals surface area contributed by atoms with Crippen molar-refractivity contribution in [2.24, 2.45) is 0 Å². The highest BCUT2D eigenvalue weighted by Gasteiger charge is 2.19. The quantitative estimate of drug-likeness (QED) is 0.807. The van der Waals surface area contributed by atoms with E-state index in [2.05, 4.69) is 6.07 Å². The van der Waals surface area contributed by atoms with E-state index < -0.39 is 0 Å². The molecule has 0 saturated carbocycles. The van der Waals surface area contributed by atoms with E-state index in [9.17, 15) is 0 Å². The van der Waals surface area contributed by atoms with Crippen molar-refractivity contribution < 1.29 is 9.47 Å². The summed E-state index contributed by atoms with van der Waals surface area (Å²) in [6.45, 7) is 2.50. The minimum Gasteiger partial charge on any atom is -0.374 e. The minimum atomic E-state index is -0.0930. The van der Waals surface area contributed by atoms with Gasteiger partial charge in [0.15, 0.2) is 0 Å². The predicted molar refractivity (Wildman–Crippen MR) is 81.6 cm³/mol. The average Bonchev–Trinajstić information content (AvgIpc) is 2.55. The molecule has 21 heavy (non-hydrogen) atoms. The molecule has 0 aliphatic carbocycles. The Bertz CT molecular complexity index is 587. The Hall–Kier alpha value is -2.15. The van der Waals surface area contributed by atoms with Crippen LogP contribution < -0.4 is 0 Å². The Balaban J connectivity index is 1.96.